The molecule has 0 aliphatic carbocycles. The van der Waals surface area contributed by atoms with E-state index in [0.717, 1.165) is 38.2 Å². The maximum atomic E-state index is 12.4. The van der Waals surface area contributed by atoms with E-state index < -0.39 is 5.51 Å². The summed E-state index contributed by atoms with van der Waals surface area (Å²) in [5.41, 5.74) is -3.11. The lowest BCUT2D eigenvalue weighted by Crippen LogP contribution is -2.45. The topological polar surface area (TPSA) is 15.3 Å². The maximum absolute atomic E-state index is 12.4. The van der Waals surface area contributed by atoms with Crippen LogP contribution in [0.3, 0.4) is 0 Å². The van der Waals surface area contributed by atoms with Crippen molar-refractivity contribution in [3.05, 3.63) is 29.8 Å². The molecule has 0 bridgehead atoms. The van der Waals surface area contributed by atoms with Crippen LogP contribution in [0.15, 0.2) is 29.2 Å². The highest BCUT2D eigenvalue weighted by Crippen LogP contribution is 2.37. The Morgan fingerprint density at radius 2 is 1.73 bits per heavy atom. The first-order chi connectivity index (χ1) is 10.3. The molecule has 0 saturated carbocycles. The van der Waals surface area contributed by atoms with Gasteiger partial charge in [0.15, 0.2) is 0 Å². The number of thioether (sulfide) groups is 1. The number of hydrogen-bond donors (Lipinski definition) is 1. The summed E-state index contributed by atoms with van der Waals surface area (Å²) >= 11 is -0.0530. The molecule has 1 aliphatic rings. The lowest BCUT2D eigenvalue weighted by atomic mass is 9.95. The van der Waals surface area contributed by atoms with Crippen LogP contribution in [0.1, 0.15) is 31.9 Å². The third-order valence-electron chi connectivity index (χ3n) is 3.79. The van der Waals surface area contributed by atoms with Crippen LogP contribution in [-0.4, -0.2) is 36.6 Å². The molecule has 1 N–H and O–H groups in total. The van der Waals surface area contributed by atoms with Crippen LogP contribution in [0.4, 0.5) is 13.2 Å². The molecule has 0 amide bonds. The molecule has 0 aromatic heterocycles. The van der Waals surface area contributed by atoms with Crippen LogP contribution < -0.4 is 5.32 Å². The number of nitrogens with one attached hydrogen (secondary N) is 1. The number of hydrogen-bond acceptors (Lipinski definition) is 3. The minimum atomic E-state index is -4.22. The first kappa shape index (κ1) is 17.6. The fourth-order valence-corrected chi connectivity index (χ4v) is 3.37. The Morgan fingerprint density at radius 1 is 1.14 bits per heavy atom. The Kier molecular flexibility index (Phi) is 6.17. The highest BCUT2D eigenvalue weighted by molar-refractivity contribution is 8.00. The van der Waals surface area contributed by atoms with Gasteiger partial charge in [-0.05, 0) is 41.8 Å². The molecule has 1 aromatic rings. The smallest absolute Gasteiger partial charge is 0.314 e. The highest BCUT2D eigenvalue weighted by atomic mass is 32.2. The van der Waals surface area contributed by atoms with E-state index in [1.54, 1.807) is 12.1 Å². The van der Waals surface area contributed by atoms with Crippen LogP contribution >= 0.6 is 11.8 Å². The third-order valence-corrected chi connectivity index (χ3v) is 4.52. The molecule has 2 rings (SSSR count). The third kappa shape index (κ3) is 5.48. The van der Waals surface area contributed by atoms with E-state index in [-0.39, 0.29) is 22.7 Å². The molecule has 1 aromatic carbocycles. The van der Waals surface area contributed by atoms with Gasteiger partial charge in [-0.2, -0.15) is 13.2 Å². The summed E-state index contributed by atoms with van der Waals surface area (Å²) in [6.45, 7) is 8.27. The average molecular weight is 332 g/mol. The molecule has 2 nitrogen and oxygen atoms in total. The lowest BCUT2D eigenvalue weighted by molar-refractivity contribution is -0.0328. The summed E-state index contributed by atoms with van der Waals surface area (Å²) in [4.78, 5) is 2.68. The fraction of sp³-hybridized carbons (Fsp3) is 0.625. The van der Waals surface area contributed by atoms with Crippen molar-refractivity contribution < 1.29 is 13.2 Å². The molecule has 0 unspecified atom stereocenters. The summed E-state index contributed by atoms with van der Waals surface area (Å²) in [5.74, 6) is 0.545. The zero-order chi connectivity index (χ0) is 16.2. The summed E-state index contributed by atoms with van der Waals surface area (Å²) in [7, 11) is 0. The Bertz CT molecular complexity index is 453. The van der Waals surface area contributed by atoms with Crippen molar-refractivity contribution in [1.29, 1.82) is 0 Å². The maximum Gasteiger partial charge on any atom is 0.446 e. The van der Waals surface area contributed by atoms with Crippen LogP contribution in [0.5, 0.6) is 0 Å². The first-order valence-corrected chi connectivity index (χ1v) is 8.47. The van der Waals surface area contributed by atoms with Crippen molar-refractivity contribution in [2.75, 3.05) is 26.2 Å². The van der Waals surface area contributed by atoms with E-state index in [1.807, 2.05) is 12.1 Å². The molecule has 1 aliphatic heterocycles. The zero-order valence-electron chi connectivity index (χ0n) is 13.0. The second kappa shape index (κ2) is 7.70. The van der Waals surface area contributed by atoms with Gasteiger partial charge in [0.2, 0.25) is 0 Å². The quantitative estimate of drug-likeness (QED) is 0.810. The van der Waals surface area contributed by atoms with Crippen LogP contribution in [-0.2, 0) is 0 Å². The predicted molar refractivity (Wildman–Crippen MR) is 85.0 cm³/mol. The monoisotopic (exact) mass is 332 g/mol. The van der Waals surface area contributed by atoms with Gasteiger partial charge in [-0.1, -0.05) is 26.0 Å². The van der Waals surface area contributed by atoms with Gasteiger partial charge in [-0.3, -0.25) is 4.90 Å². The lowest BCUT2D eigenvalue weighted by Gasteiger charge is -2.36. The summed E-state index contributed by atoms with van der Waals surface area (Å²) in [6.07, 6.45) is 1.02. The van der Waals surface area contributed by atoms with Gasteiger partial charge in [-0.25, -0.2) is 0 Å². The summed E-state index contributed by atoms with van der Waals surface area (Å²) in [6, 6.07) is 7.16. The van der Waals surface area contributed by atoms with Gasteiger partial charge in [0.25, 0.3) is 0 Å². The Balaban J connectivity index is 2.12. The van der Waals surface area contributed by atoms with Gasteiger partial charge in [0, 0.05) is 37.1 Å². The number of benzene rings is 1. The number of alkyl halides is 3. The van der Waals surface area contributed by atoms with Crippen LogP contribution in [0, 0.1) is 5.92 Å². The molecule has 1 fully saturated rings. The molecule has 1 atom stereocenters. The van der Waals surface area contributed by atoms with Crippen molar-refractivity contribution in [2.45, 2.75) is 36.7 Å². The molecule has 124 valence electrons. The first-order valence-electron chi connectivity index (χ1n) is 7.65. The number of piperazine rings is 1. The Labute approximate surface area is 134 Å². The molecule has 1 heterocycles. The molecule has 0 spiro atoms. The fourth-order valence-electron chi connectivity index (χ4n) is 2.83. The standard InChI is InChI=1S/C16H23F3N2S/c1-12(2)11-15(21-9-7-20-8-10-21)13-3-5-14(6-4-13)22-16(17,18)19/h3-6,12,15,20H,7-11H2,1-2H3/t15-/m1/s1. The van der Waals surface area contributed by atoms with E-state index in [2.05, 4.69) is 24.1 Å². The van der Waals surface area contributed by atoms with E-state index in [9.17, 15) is 13.2 Å². The second-order valence-electron chi connectivity index (χ2n) is 6.05. The zero-order valence-corrected chi connectivity index (χ0v) is 13.8. The Hall–Kier alpha value is -0.720. The minimum absolute atomic E-state index is 0.0530. The van der Waals surface area contributed by atoms with Gasteiger partial charge < -0.3 is 5.32 Å². The molecule has 0 radical (unpaired) electrons. The van der Waals surface area contributed by atoms with Crippen molar-refractivity contribution in [2.24, 2.45) is 5.92 Å². The molecule has 1 saturated heterocycles. The van der Waals surface area contributed by atoms with E-state index in [0.29, 0.717) is 5.92 Å². The average Bonchev–Trinajstić information content (AvgIpc) is 2.45. The number of nitrogens with zero attached hydrogens (tertiary/aromatic N) is 1. The van der Waals surface area contributed by atoms with Crippen molar-refractivity contribution >= 4 is 11.8 Å². The minimum Gasteiger partial charge on any atom is -0.314 e. The van der Waals surface area contributed by atoms with E-state index in [1.165, 1.54) is 0 Å². The molecule has 22 heavy (non-hydrogen) atoms. The summed E-state index contributed by atoms with van der Waals surface area (Å²) < 4.78 is 37.2. The molecule has 6 heteroatoms. The number of halogens is 3. The summed E-state index contributed by atoms with van der Waals surface area (Å²) in [5, 5.41) is 3.34. The van der Waals surface area contributed by atoms with E-state index >= 15 is 0 Å². The van der Waals surface area contributed by atoms with Crippen molar-refractivity contribution in [3.63, 3.8) is 0 Å². The Morgan fingerprint density at radius 3 is 2.23 bits per heavy atom. The van der Waals surface area contributed by atoms with Crippen molar-refractivity contribution in [1.82, 2.24) is 10.2 Å². The van der Waals surface area contributed by atoms with E-state index in [4.69, 9.17) is 0 Å². The largest absolute Gasteiger partial charge is 0.446 e. The van der Waals surface area contributed by atoms with Gasteiger partial charge in [0.05, 0.1) is 0 Å². The van der Waals surface area contributed by atoms with Crippen LogP contribution in [0.2, 0.25) is 0 Å². The van der Waals surface area contributed by atoms with Crippen LogP contribution in [0.25, 0.3) is 0 Å². The second-order valence-corrected chi connectivity index (χ2v) is 7.19. The molecular weight excluding hydrogens is 309 g/mol. The van der Waals surface area contributed by atoms with Gasteiger partial charge in [-0.15, -0.1) is 0 Å². The van der Waals surface area contributed by atoms with Gasteiger partial charge in [0.1, 0.15) is 0 Å². The van der Waals surface area contributed by atoms with Crippen molar-refractivity contribution in [3.8, 4) is 0 Å². The highest BCUT2D eigenvalue weighted by Gasteiger charge is 2.29. The molecular formula is C16H23F3N2S. The predicted octanol–water partition coefficient (Wildman–Crippen LogP) is 4.29. The normalized spacial score (nSPS) is 18.6. The number of rotatable bonds is 5. The SMILES string of the molecule is CC(C)C[C@H](c1ccc(SC(F)(F)F)cc1)N1CCNCC1. The van der Waals surface area contributed by atoms with Gasteiger partial charge >= 0.3 is 5.51 Å².